The van der Waals surface area contributed by atoms with E-state index in [1.54, 1.807) is 4.90 Å². The maximum absolute atomic E-state index is 12.1. The third-order valence-electron chi connectivity index (χ3n) is 3.66. The number of ether oxygens (including phenoxy) is 1. The van der Waals surface area contributed by atoms with Crippen LogP contribution in [0, 0.1) is 5.92 Å². The molecular weight excluding hydrogens is 256 g/mol. The van der Waals surface area contributed by atoms with Gasteiger partial charge in [0, 0.05) is 18.6 Å². The molecule has 1 saturated heterocycles. The summed E-state index contributed by atoms with van der Waals surface area (Å²) in [4.78, 5) is 13.9. The number of nitrogens with two attached hydrogens (primary N) is 1. The number of carbonyl (C=O) groups excluding carboxylic acids is 1. The standard InChI is InChI=1S/C15H30N2O3/c1-14(2,3)20-13(19)17-9-5-6-12(10-17)7-8-15(4,16)11-18/h12,18H,5-11,16H2,1-4H3. The summed E-state index contributed by atoms with van der Waals surface area (Å²) in [6.07, 6.45) is 3.61. The number of hydrogen-bond acceptors (Lipinski definition) is 4. The Balaban J connectivity index is 2.44. The van der Waals surface area contributed by atoms with E-state index in [4.69, 9.17) is 10.5 Å². The van der Waals surface area contributed by atoms with Crippen LogP contribution in [-0.4, -0.2) is 46.9 Å². The minimum atomic E-state index is -0.520. The molecule has 1 rings (SSSR count). The van der Waals surface area contributed by atoms with Crippen LogP contribution in [0.15, 0.2) is 0 Å². The number of hydrogen-bond donors (Lipinski definition) is 2. The SMILES string of the molecule is CC(N)(CO)CCC1CCCN(C(=O)OC(C)(C)C)C1. The molecule has 118 valence electrons. The zero-order valence-corrected chi connectivity index (χ0v) is 13.3. The van der Waals surface area contributed by atoms with Gasteiger partial charge in [-0.05, 0) is 59.3 Å². The first-order valence-corrected chi connectivity index (χ1v) is 7.51. The number of rotatable bonds is 4. The molecule has 0 aliphatic carbocycles. The summed E-state index contributed by atoms with van der Waals surface area (Å²) < 4.78 is 5.41. The van der Waals surface area contributed by atoms with Crippen LogP contribution in [0.25, 0.3) is 0 Å². The largest absolute Gasteiger partial charge is 0.444 e. The molecule has 2 unspecified atom stereocenters. The van der Waals surface area contributed by atoms with E-state index in [0.29, 0.717) is 5.92 Å². The minimum absolute atomic E-state index is 0.00446. The monoisotopic (exact) mass is 286 g/mol. The molecule has 0 bridgehead atoms. The molecule has 0 radical (unpaired) electrons. The second-order valence-electron chi connectivity index (χ2n) is 7.29. The molecule has 0 saturated carbocycles. The number of likely N-dealkylation sites (tertiary alicyclic amines) is 1. The molecule has 2 atom stereocenters. The normalized spacial score (nSPS) is 23.3. The van der Waals surface area contributed by atoms with Crippen molar-refractivity contribution in [2.45, 2.75) is 64.5 Å². The lowest BCUT2D eigenvalue weighted by molar-refractivity contribution is 0.0156. The van der Waals surface area contributed by atoms with E-state index >= 15 is 0 Å². The van der Waals surface area contributed by atoms with E-state index in [-0.39, 0.29) is 12.7 Å². The number of aliphatic hydroxyl groups excluding tert-OH is 1. The van der Waals surface area contributed by atoms with E-state index in [9.17, 15) is 9.90 Å². The lowest BCUT2D eigenvalue weighted by Gasteiger charge is -2.35. The van der Waals surface area contributed by atoms with Crippen LogP contribution in [0.2, 0.25) is 0 Å². The zero-order chi connectivity index (χ0) is 15.4. The fourth-order valence-corrected chi connectivity index (χ4v) is 2.41. The maximum Gasteiger partial charge on any atom is 0.410 e. The van der Waals surface area contributed by atoms with Crippen molar-refractivity contribution < 1.29 is 14.6 Å². The van der Waals surface area contributed by atoms with Gasteiger partial charge >= 0.3 is 6.09 Å². The predicted molar refractivity (Wildman–Crippen MR) is 79.4 cm³/mol. The molecule has 5 nitrogen and oxygen atoms in total. The van der Waals surface area contributed by atoms with Crippen molar-refractivity contribution in [3.8, 4) is 0 Å². The fraction of sp³-hybridized carbons (Fsp3) is 0.933. The van der Waals surface area contributed by atoms with Gasteiger partial charge in [-0.3, -0.25) is 0 Å². The molecule has 1 aliphatic heterocycles. The van der Waals surface area contributed by atoms with Gasteiger partial charge < -0.3 is 20.5 Å². The average molecular weight is 286 g/mol. The van der Waals surface area contributed by atoms with Gasteiger partial charge in [-0.15, -0.1) is 0 Å². The Morgan fingerprint density at radius 2 is 2.05 bits per heavy atom. The first-order chi connectivity index (χ1) is 9.13. The van der Waals surface area contributed by atoms with E-state index in [1.165, 1.54) is 0 Å². The molecule has 1 heterocycles. The van der Waals surface area contributed by atoms with Gasteiger partial charge in [-0.1, -0.05) is 0 Å². The fourth-order valence-electron chi connectivity index (χ4n) is 2.41. The average Bonchev–Trinajstić information content (AvgIpc) is 2.35. The summed E-state index contributed by atoms with van der Waals surface area (Å²) in [5.41, 5.74) is 4.99. The molecule has 1 amide bonds. The van der Waals surface area contributed by atoms with Crippen molar-refractivity contribution in [2.24, 2.45) is 11.7 Å². The second-order valence-corrected chi connectivity index (χ2v) is 7.29. The van der Waals surface area contributed by atoms with Crippen LogP contribution in [0.4, 0.5) is 4.79 Å². The third kappa shape index (κ3) is 6.09. The molecule has 0 spiro atoms. The van der Waals surface area contributed by atoms with Crippen molar-refractivity contribution in [3.05, 3.63) is 0 Å². The molecule has 0 aromatic carbocycles. The van der Waals surface area contributed by atoms with E-state index in [2.05, 4.69) is 0 Å². The summed E-state index contributed by atoms with van der Waals surface area (Å²) in [7, 11) is 0. The highest BCUT2D eigenvalue weighted by molar-refractivity contribution is 5.68. The number of carbonyl (C=O) groups is 1. The van der Waals surface area contributed by atoms with Gasteiger partial charge in [-0.25, -0.2) is 4.79 Å². The summed E-state index contributed by atoms with van der Waals surface area (Å²) in [5.74, 6) is 0.450. The zero-order valence-electron chi connectivity index (χ0n) is 13.3. The first-order valence-electron chi connectivity index (χ1n) is 7.51. The molecule has 20 heavy (non-hydrogen) atoms. The summed E-state index contributed by atoms with van der Waals surface area (Å²) in [5, 5.41) is 9.18. The van der Waals surface area contributed by atoms with Gasteiger partial charge in [0.05, 0.1) is 6.61 Å². The lowest BCUT2D eigenvalue weighted by Crippen LogP contribution is -2.44. The molecular formula is C15H30N2O3. The van der Waals surface area contributed by atoms with Gasteiger partial charge in [-0.2, -0.15) is 0 Å². The molecule has 0 aromatic rings. The summed E-state index contributed by atoms with van der Waals surface area (Å²) in [6.45, 7) is 9.01. The Kier molecular flexibility index (Phi) is 5.83. The summed E-state index contributed by atoms with van der Waals surface area (Å²) >= 11 is 0. The van der Waals surface area contributed by atoms with Crippen molar-refractivity contribution in [2.75, 3.05) is 19.7 Å². The van der Waals surface area contributed by atoms with Crippen LogP contribution in [0.5, 0.6) is 0 Å². The van der Waals surface area contributed by atoms with Crippen molar-refractivity contribution >= 4 is 6.09 Å². The molecule has 1 aliphatic rings. The number of aliphatic hydroxyl groups is 1. The topological polar surface area (TPSA) is 75.8 Å². The quantitative estimate of drug-likeness (QED) is 0.830. The Morgan fingerprint density at radius 1 is 1.40 bits per heavy atom. The van der Waals surface area contributed by atoms with E-state index < -0.39 is 11.1 Å². The highest BCUT2D eigenvalue weighted by atomic mass is 16.6. The van der Waals surface area contributed by atoms with Gasteiger partial charge in [0.15, 0.2) is 0 Å². The van der Waals surface area contributed by atoms with Gasteiger partial charge in [0.2, 0.25) is 0 Å². The predicted octanol–water partition coefficient (Wildman–Crippen LogP) is 2.12. The highest BCUT2D eigenvalue weighted by Crippen LogP contribution is 2.24. The smallest absolute Gasteiger partial charge is 0.410 e. The summed E-state index contributed by atoms with van der Waals surface area (Å²) in [6, 6.07) is 0. The van der Waals surface area contributed by atoms with Crippen LogP contribution in [0.3, 0.4) is 0 Å². The number of piperidine rings is 1. The van der Waals surface area contributed by atoms with Crippen LogP contribution in [-0.2, 0) is 4.74 Å². The first kappa shape index (κ1) is 17.2. The third-order valence-corrected chi connectivity index (χ3v) is 3.66. The molecule has 5 heteroatoms. The second kappa shape index (κ2) is 6.76. The molecule has 1 fully saturated rings. The lowest BCUT2D eigenvalue weighted by atomic mass is 9.88. The molecule has 0 aromatic heterocycles. The Labute approximate surface area is 122 Å². The Hall–Kier alpha value is -0.810. The van der Waals surface area contributed by atoms with Crippen LogP contribution >= 0.6 is 0 Å². The van der Waals surface area contributed by atoms with E-state index in [1.807, 2.05) is 27.7 Å². The van der Waals surface area contributed by atoms with Crippen molar-refractivity contribution in [1.29, 1.82) is 0 Å². The Bertz CT molecular complexity index is 324. The van der Waals surface area contributed by atoms with Gasteiger partial charge in [0.1, 0.15) is 5.60 Å². The van der Waals surface area contributed by atoms with Crippen molar-refractivity contribution in [1.82, 2.24) is 4.90 Å². The maximum atomic E-state index is 12.1. The van der Waals surface area contributed by atoms with Gasteiger partial charge in [0.25, 0.3) is 0 Å². The van der Waals surface area contributed by atoms with Crippen LogP contribution in [0.1, 0.15) is 53.4 Å². The molecule has 3 N–H and O–H groups in total. The highest BCUT2D eigenvalue weighted by Gasteiger charge is 2.28. The number of nitrogens with zero attached hydrogens (tertiary/aromatic N) is 1. The Morgan fingerprint density at radius 3 is 2.60 bits per heavy atom. The van der Waals surface area contributed by atoms with Crippen LogP contribution < -0.4 is 5.73 Å². The van der Waals surface area contributed by atoms with Crippen molar-refractivity contribution in [3.63, 3.8) is 0 Å². The number of amides is 1. The van der Waals surface area contributed by atoms with E-state index in [0.717, 1.165) is 38.8 Å². The minimum Gasteiger partial charge on any atom is -0.444 e.